The fourth-order valence-corrected chi connectivity index (χ4v) is 4.44. The zero-order valence-corrected chi connectivity index (χ0v) is 18.1. The van der Waals surface area contributed by atoms with Gasteiger partial charge in [0.2, 0.25) is 11.8 Å². The highest BCUT2D eigenvalue weighted by atomic mass is 32.2. The summed E-state index contributed by atoms with van der Waals surface area (Å²) in [7, 11) is 0. The van der Waals surface area contributed by atoms with Crippen LogP contribution >= 0.6 is 11.8 Å². The van der Waals surface area contributed by atoms with E-state index < -0.39 is 5.25 Å². The molecule has 1 atom stereocenters. The molecule has 3 aromatic carbocycles. The number of thioether (sulfide) groups is 1. The van der Waals surface area contributed by atoms with Gasteiger partial charge < -0.3 is 5.32 Å². The van der Waals surface area contributed by atoms with Gasteiger partial charge >= 0.3 is 0 Å². The first-order valence-corrected chi connectivity index (χ1v) is 11.2. The number of hydrogen-bond acceptors (Lipinski definition) is 4. The first kappa shape index (κ1) is 21.8. The quantitative estimate of drug-likeness (QED) is 0.577. The van der Waals surface area contributed by atoms with Gasteiger partial charge in [-0.1, -0.05) is 60.3 Å². The van der Waals surface area contributed by atoms with Crippen LogP contribution in [0.3, 0.4) is 0 Å². The van der Waals surface area contributed by atoms with Gasteiger partial charge in [-0.15, -0.1) is 0 Å². The van der Waals surface area contributed by atoms with Crippen LogP contribution in [0.2, 0.25) is 0 Å². The van der Waals surface area contributed by atoms with Crippen LogP contribution < -0.4 is 5.32 Å². The summed E-state index contributed by atoms with van der Waals surface area (Å²) in [5, 5.41) is 2.70. The minimum Gasteiger partial charge on any atom is -0.325 e. The van der Waals surface area contributed by atoms with E-state index in [-0.39, 0.29) is 24.1 Å². The lowest BCUT2D eigenvalue weighted by Gasteiger charge is -2.32. The third kappa shape index (κ3) is 5.62. The molecule has 0 radical (unpaired) electrons. The number of aliphatic imine (C=N–C) groups is 1. The van der Waals surface area contributed by atoms with E-state index in [1.165, 1.54) is 23.9 Å². The zero-order valence-electron chi connectivity index (χ0n) is 17.3. The van der Waals surface area contributed by atoms with Crippen LogP contribution in [0.4, 0.5) is 15.8 Å². The molecular formula is C25H22FN3O2S. The van der Waals surface area contributed by atoms with Crippen molar-refractivity contribution < 1.29 is 14.0 Å². The molecule has 1 fully saturated rings. The third-order valence-corrected chi connectivity index (χ3v) is 6.18. The van der Waals surface area contributed by atoms with Gasteiger partial charge in [-0.25, -0.2) is 9.38 Å². The van der Waals surface area contributed by atoms with Gasteiger partial charge in [0.05, 0.1) is 5.69 Å². The van der Waals surface area contributed by atoms with Crippen molar-refractivity contribution in [2.24, 2.45) is 4.99 Å². The molecule has 1 aliphatic heterocycles. The number of amidine groups is 1. The van der Waals surface area contributed by atoms with Crippen molar-refractivity contribution in [1.29, 1.82) is 0 Å². The highest BCUT2D eigenvalue weighted by Crippen LogP contribution is 2.30. The molecule has 7 heteroatoms. The molecule has 2 amide bonds. The monoisotopic (exact) mass is 447 g/mol. The number of carbonyl (C=O) groups excluding carboxylic acids is 2. The molecule has 0 aromatic heterocycles. The number of amides is 2. The topological polar surface area (TPSA) is 61.8 Å². The lowest BCUT2D eigenvalue weighted by Crippen LogP contribution is -2.46. The van der Waals surface area contributed by atoms with E-state index in [2.05, 4.69) is 10.3 Å². The molecule has 0 saturated carbocycles. The zero-order chi connectivity index (χ0) is 22.3. The molecule has 5 nitrogen and oxygen atoms in total. The predicted molar refractivity (Wildman–Crippen MR) is 126 cm³/mol. The maximum Gasteiger partial charge on any atom is 0.238 e. The van der Waals surface area contributed by atoms with Crippen LogP contribution in [0, 0.1) is 5.82 Å². The van der Waals surface area contributed by atoms with E-state index in [4.69, 9.17) is 0 Å². The van der Waals surface area contributed by atoms with Crippen molar-refractivity contribution in [3.63, 3.8) is 0 Å². The Bertz CT molecular complexity index is 1110. The smallest absolute Gasteiger partial charge is 0.238 e. The SMILES string of the molecule is O=C(Nc1ccccc1)[C@H]1CC(=O)N(CCc2ccccc2)C(=Nc2ccc(F)cc2)S1. The number of hydrogen-bond donors (Lipinski definition) is 1. The average molecular weight is 448 g/mol. The Balaban J connectivity index is 1.55. The van der Waals surface area contributed by atoms with E-state index in [0.29, 0.717) is 29.5 Å². The Morgan fingerprint density at radius 3 is 2.34 bits per heavy atom. The number of nitrogens with zero attached hydrogens (tertiary/aromatic N) is 2. The van der Waals surface area contributed by atoms with Crippen molar-refractivity contribution in [1.82, 2.24) is 4.90 Å². The predicted octanol–water partition coefficient (Wildman–Crippen LogP) is 5.03. The van der Waals surface area contributed by atoms with E-state index >= 15 is 0 Å². The van der Waals surface area contributed by atoms with Gasteiger partial charge in [-0.3, -0.25) is 14.5 Å². The second-order valence-corrected chi connectivity index (χ2v) is 8.49. The van der Waals surface area contributed by atoms with Crippen LogP contribution in [-0.2, 0) is 16.0 Å². The second-order valence-electron chi connectivity index (χ2n) is 7.32. The number of nitrogens with one attached hydrogen (secondary N) is 1. The molecule has 1 N–H and O–H groups in total. The largest absolute Gasteiger partial charge is 0.325 e. The summed E-state index contributed by atoms with van der Waals surface area (Å²) < 4.78 is 13.3. The van der Waals surface area contributed by atoms with Crippen LogP contribution in [0.15, 0.2) is 89.9 Å². The van der Waals surface area contributed by atoms with Gasteiger partial charge in [0.15, 0.2) is 5.17 Å². The lowest BCUT2D eigenvalue weighted by molar-refractivity contribution is -0.129. The van der Waals surface area contributed by atoms with Gasteiger partial charge in [0.1, 0.15) is 11.1 Å². The Kier molecular flexibility index (Phi) is 6.97. The van der Waals surface area contributed by atoms with Gasteiger partial charge in [0.25, 0.3) is 0 Å². The van der Waals surface area contributed by atoms with E-state index in [1.54, 1.807) is 29.2 Å². The minimum absolute atomic E-state index is 0.0839. The average Bonchev–Trinajstić information content (AvgIpc) is 2.81. The van der Waals surface area contributed by atoms with Gasteiger partial charge in [-0.2, -0.15) is 0 Å². The summed E-state index contributed by atoms with van der Waals surface area (Å²) in [5.41, 5.74) is 2.31. The minimum atomic E-state index is -0.602. The third-order valence-electron chi connectivity index (χ3n) is 4.99. The normalized spacial score (nSPS) is 17.4. The maximum absolute atomic E-state index is 13.3. The lowest BCUT2D eigenvalue weighted by atomic mass is 10.1. The van der Waals surface area contributed by atoms with Crippen molar-refractivity contribution in [2.45, 2.75) is 18.1 Å². The summed E-state index contributed by atoms with van der Waals surface area (Å²) >= 11 is 1.25. The molecule has 0 bridgehead atoms. The van der Waals surface area contributed by atoms with Crippen LogP contribution in [0.25, 0.3) is 0 Å². The molecule has 162 valence electrons. The number of benzene rings is 3. The molecule has 1 saturated heterocycles. The molecule has 0 aliphatic carbocycles. The second kappa shape index (κ2) is 10.2. The van der Waals surface area contributed by atoms with E-state index in [9.17, 15) is 14.0 Å². The van der Waals surface area contributed by atoms with E-state index in [0.717, 1.165) is 5.56 Å². The number of rotatable bonds is 6. The molecular weight excluding hydrogens is 425 g/mol. The summed E-state index contributed by atoms with van der Waals surface area (Å²) in [5.74, 6) is -0.764. The highest BCUT2D eigenvalue weighted by Gasteiger charge is 2.35. The van der Waals surface area contributed by atoms with Crippen LogP contribution in [-0.4, -0.2) is 33.7 Å². The fourth-order valence-electron chi connectivity index (χ4n) is 3.32. The van der Waals surface area contributed by atoms with Crippen LogP contribution in [0.1, 0.15) is 12.0 Å². The van der Waals surface area contributed by atoms with Crippen LogP contribution in [0.5, 0.6) is 0 Å². The van der Waals surface area contributed by atoms with Crippen molar-refractivity contribution in [3.8, 4) is 0 Å². The summed E-state index contributed by atoms with van der Waals surface area (Å²) in [6.07, 6.45) is 0.747. The molecule has 1 heterocycles. The summed E-state index contributed by atoms with van der Waals surface area (Å²) in [6.45, 7) is 0.447. The maximum atomic E-state index is 13.3. The molecule has 32 heavy (non-hydrogen) atoms. The number of para-hydroxylation sites is 1. The first-order chi connectivity index (χ1) is 15.6. The molecule has 0 unspecified atom stereocenters. The fraction of sp³-hybridized carbons (Fsp3) is 0.160. The van der Waals surface area contributed by atoms with Crippen molar-refractivity contribution in [3.05, 3.63) is 96.3 Å². The first-order valence-electron chi connectivity index (χ1n) is 10.3. The summed E-state index contributed by atoms with van der Waals surface area (Å²) in [6, 6.07) is 24.8. The Labute approximate surface area is 190 Å². The Hall–Kier alpha value is -3.45. The number of anilines is 1. The molecule has 1 aliphatic rings. The Morgan fingerprint density at radius 1 is 1.00 bits per heavy atom. The molecule has 0 spiro atoms. The highest BCUT2D eigenvalue weighted by molar-refractivity contribution is 8.15. The van der Waals surface area contributed by atoms with Crippen molar-refractivity contribution >= 4 is 40.1 Å². The standard InChI is InChI=1S/C25H22FN3O2S/c26-19-11-13-21(14-12-19)28-25-29(16-15-18-7-3-1-4-8-18)23(30)17-22(32-25)24(31)27-20-9-5-2-6-10-20/h1-14,22H,15-17H2,(H,27,31)/t22-/m1/s1. The molecule has 3 aromatic rings. The number of halogens is 1. The molecule has 4 rings (SSSR count). The van der Waals surface area contributed by atoms with E-state index in [1.807, 2.05) is 48.5 Å². The number of carbonyl (C=O) groups is 2. The Morgan fingerprint density at radius 2 is 1.66 bits per heavy atom. The van der Waals surface area contributed by atoms with Crippen molar-refractivity contribution in [2.75, 3.05) is 11.9 Å². The van der Waals surface area contributed by atoms with Gasteiger partial charge in [0, 0.05) is 18.7 Å². The van der Waals surface area contributed by atoms with Gasteiger partial charge in [-0.05, 0) is 48.4 Å². The summed E-state index contributed by atoms with van der Waals surface area (Å²) in [4.78, 5) is 32.1.